The summed E-state index contributed by atoms with van der Waals surface area (Å²) in [6, 6.07) is 6.49. The molecule has 3 rings (SSSR count). The van der Waals surface area contributed by atoms with Crippen LogP contribution in [-0.2, 0) is 0 Å². The van der Waals surface area contributed by atoms with E-state index in [9.17, 15) is 10.1 Å². The summed E-state index contributed by atoms with van der Waals surface area (Å²) in [6.07, 6.45) is 2.66. The summed E-state index contributed by atoms with van der Waals surface area (Å²) in [4.78, 5) is 14.8. The number of rotatable bonds is 3. The van der Waals surface area contributed by atoms with Gasteiger partial charge in [0.2, 0.25) is 0 Å². The average Bonchev–Trinajstić information content (AvgIpc) is 2.91. The van der Waals surface area contributed by atoms with Gasteiger partial charge in [-0.15, -0.1) is 0 Å². The average molecular weight is 259 g/mol. The number of nitro groups is 1. The van der Waals surface area contributed by atoms with E-state index < -0.39 is 4.92 Å². The molecule has 0 spiro atoms. The standard InChI is InChI=1S/C13H13N3O3/c17-16(18)11-3-4-12(19-9-5-7-14-8-9)13-10(11)2-1-6-15-13/h1-4,6,9,14H,5,7-8H2. The highest BCUT2D eigenvalue weighted by atomic mass is 16.6. The lowest BCUT2D eigenvalue weighted by Gasteiger charge is -2.13. The van der Waals surface area contributed by atoms with Crippen molar-refractivity contribution < 1.29 is 9.66 Å². The number of ether oxygens (including phenoxy) is 1. The smallest absolute Gasteiger partial charge is 0.279 e. The predicted molar refractivity (Wildman–Crippen MR) is 70.3 cm³/mol. The van der Waals surface area contributed by atoms with Crippen molar-refractivity contribution in [2.45, 2.75) is 12.5 Å². The molecule has 2 aromatic rings. The fourth-order valence-electron chi connectivity index (χ4n) is 2.29. The molecule has 0 radical (unpaired) electrons. The summed E-state index contributed by atoms with van der Waals surface area (Å²) in [5.41, 5.74) is 0.601. The maximum atomic E-state index is 11.0. The first-order valence-corrected chi connectivity index (χ1v) is 6.15. The molecular formula is C13H13N3O3. The third-order valence-corrected chi connectivity index (χ3v) is 3.22. The van der Waals surface area contributed by atoms with Gasteiger partial charge < -0.3 is 10.1 Å². The highest BCUT2D eigenvalue weighted by molar-refractivity contribution is 5.92. The number of hydrogen-bond acceptors (Lipinski definition) is 5. The first-order chi connectivity index (χ1) is 9.25. The van der Waals surface area contributed by atoms with Crippen LogP contribution in [0.25, 0.3) is 10.9 Å². The lowest BCUT2D eigenvalue weighted by atomic mass is 10.1. The molecule has 6 heteroatoms. The highest BCUT2D eigenvalue weighted by Crippen LogP contribution is 2.32. The number of hydrogen-bond donors (Lipinski definition) is 1. The van der Waals surface area contributed by atoms with E-state index in [0.717, 1.165) is 19.5 Å². The Bertz CT molecular complexity index is 624. The molecule has 1 N–H and O–H groups in total. The third kappa shape index (κ3) is 2.22. The van der Waals surface area contributed by atoms with E-state index in [1.165, 1.54) is 6.07 Å². The molecule has 19 heavy (non-hydrogen) atoms. The molecule has 1 aromatic carbocycles. The van der Waals surface area contributed by atoms with Crippen molar-refractivity contribution in [3.05, 3.63) is 40.6 Å². The number of nitrogens with one attached hydrogen (secondary N) is 1. The van der Waals surface area contributed by atoms with Gasteiger partial charge in [0.05, 0.1) is 10.3 Å². The Hall–Kier alpha value is -2.21. The Morgan fingerprint density at radius 2 is 2.32 bits per heavy atom. The van der Waals surface area contributed by atoms with Crippen LogP contribution in [0.15, 0.2) is 30.5 Å². The Morgan fingerprint density at radius 3 is 3.05 bits per heavy atom. The van der Waals surface area contributed by atoms with Crippen molar-refractivity contribution in [1.29, 1.82) is 0 Å². The summed E-state index contributed by atoms with van der Waals surface area (Å²) in [7, 11) is 0. The number of fused-ring (bicyclic) bond motifs is 1. The zero-order valence-electron chi connectivity index (χ0n) is 10.2. The number of non-ortho nitro benzene ring substituents is 1. The SMILES string of the molecule is O=[N+]([O-])c1ccc(OC2CCNC2)c2ncccc12. The van der Waals surface area contributed by atoms with E-state index in [4.69, 9.17) is 4.74 Å². The fourth-order valence-corrected chi connectivity index (χ4v) is 2.29. The molecule has 2 heterocycles. The van der Waals surface area contributed by atoms with Gasteiger partial charge in [0.1, 0.15) is 17.4 Å². The van der Waals surface area contributed by atoms with Crippen LogP contribution in [0.1, 0.15) is 6.42 Å². The molecule has 1 unspecified atom stereocenters. The summed E-state index contributed by atoms with van der Waals surface area (Å²) in [6.45, 7) is 1.73. The Morgan fingerprint density at radius 1 is 1.42 bits per heavy atom. The zero-order chi connectivity index (χ0) is 13.2. The fraction of sp³-hybridized carbons (Fsp3) is 0.308. The Balaban J connectivity index is 2.05. The van der Waals surface area contributed by atoms with Gasteiger partial charge in [-0.05, 0) is 31.2 Å². The van der Waals surface area contributed by atoms with Crippen LogP contribution < -0.4 is 10.1 Å². The number of pyridine rings is 1. The van der Waals surface area contributed by atoms with Crippen LogP contribution in [0, 0.1) is 10.1 Å². The van der Waals surface area contributed by atoms with Gasteiger partial charge in [0, 0.05) is 18.8 Å². The van der Waals surface area contributed by atoms with Crippen molar-refractivity contribution in [2.24, 2.45) is 0 Å². The van der Waals surface area contributed by atoms with Crippen molar-refractivity contribution in [3.8, 4) is 5.75 Å². The van der Waals surface area contributed by atoms with Crippen LogP contribution in [-0.4, -0.2) is 29.1 Å². The molecule has 0 amide bonds. The van der Waals surface area contributed by atoms with E-state index in [1.807, 2.05) is 0 Å². The molecule has 1 fully saturated rings. The Kier molecular flexibility index (Phi) is 3.00. The summed E-state index contributed by atoms with van der Waals surface area (Å²) < 4.78 is 5.88. The summed E-state index contributed by atoms with van der Waals surface area (Å²) in [5, 5.41) is 14.7. The Labute approximate surface area is 109 Å². The lowest BCUT2D eigenvalue weighted by Crippen LogP contribution is -2.19. The van der Waals surface area contributed by atoms with Gasteiger partial charge in [-0.2, -0.15) is 0 Å². The minimum atomic E-state index is -0.398. The van der Waals surface area contributed by atoms with Gasteiger partial charge in [0.15, 0.2) is 0 Å². The van der Waals surface area contributed by atoms with Crippen molar-refractivity contribution in [1.82, 2.24) is 10.3 Å². The zero-order valence-corrected chi connectivity index (χ0v) is 10.2. The quantitative estimate of drug-likeness (QED) is 0.672. The van der Waals surface area contributed by atoms with E-state index in [0.29, 0.717) is 16.7 Å². The summed E-state index contributed by atoms with van der Waals surface area (Å²) >= 11 is 0. The minimum absolute atomic E-state index is 0.0556. The van der Waals surface area contributed by atoms with E-state index >= 15 is 0 Å². The predicted octanol–water partition coefficient (Wildman–Crippen LogP) is 1.88. The van der Waals surface area contributed by atoms with Gasteiger partial charge in [-0.25, -0.2) is 0 Å². The second-order valence-corrected chi connectivity index (χ2v) is 4.47. The normalized spacial score (nSPS) is 18.6. The molecule has 1 aliphatic heterocycles. The molecule has 0 aliphatic carbocycles. The molecule has 0 saturated carbocycles. The van der Waals surface area contributed by atoms with Crippen LogP contribution in [0.2, 0.25) is 0 Å². The van der Waals surface area contributed by atoms with E-state index in [1.54, 1.807) is 24.4 Å². The topological polar surface area (TPSA) is 77.3 Å². The molecule has 98 valence electrons. The first kappa shape index (κ1) is 11.9. The van der Waals surface area contributed by atoms with E-state index in [-0.39, 0.29) is 11.8 Å². The second kappa shape index (κ2) is 4.81. The van der Waals surface area contributed by atoms with Crippen molar-refractivity contribution in [2.75, 3.05) is 13.1 Å². The molecule has 1 saturated heterocycles. The lowest BCUT2D eigenvalue weighted by molar-refractivity contribution is -0.383. The largest absolute Gasteiger partial charge is 0.487 e. The second-order valence-electron chi connectivity index (χ2n) is 4.47. The van der Waals surface area contributed by atoms with E-state index in [2.05, 4.69) is 10.3 Å². The molecule has 0 bridgehead atoms. The van der Waals surface area contributed by atoms with Gasteiger partial charge in [-0.3, -0.25) is 15.1 Å². The van der Waals surface area contributed by atoms with Crippen LogP contribution >= 0.6 is 0 Å². The minimum Gasteiger partial charge on any atom is -0.487 e. The van der Waals surface area contributed by atoms with Gasteiger partial charge >= 0.3 is 0 Å². The molecule has 6 nitrogen and oxygen atoms in total. The molecule has 1 atom stereocenters. The first-order valence-electron chi connectivity index (χ1n) is 6.15. The molecular weight excluding hydrogens is 246 g/mol. The number of nitrogens with zero attached hydrogens (tertiary/aromatic N) is 2. The van der Waals surface area contributed by atoms with Crippen LogP contribution in [0.4, 0.5) is 5.69 Å². The molecule has 1 aromatic heterocycles. The molecule has 1 aliphatic rings. The summed E-state index contributed by atoms with van der Waals surface area (Å²) in [5.74, 6) is 0.606. The number of aromatic nitrogens is 1. The van der Waals surface area contributed by atoms with Crippen LogP contribution in [0.3, 0.4) is 0 Å². The maximum Gasteiger partial charge on any atom is 0.279 e. The highest BCUT2D eigenvalue weighted by Gasteiger charge is 2.20. The van der Waals surface area contributed by atoms with Gasteiger partial charge in [0.25, 0.3) is 5.69 Å². The van der Waals surface area contributed by atoms with Gasteiger partial charge in [-0.1, -0.05) is 0 Å². The third-order valence-electron chi connectivity index (χ3n) is 3.22. The van der Waals surface area contributed by atoms with Crippen molar-refractivity contribution >= 4 is 16.6 Å². The monoisotopic (exact) mass is 259 g/mol. The van der Waals surface area contributed by atoms with Crippen LogP contribution in [0.5, 0.6) is 5.75 Å². The number of nitro benzene ring substituents is 1. The maximum absolute atomic E-state index is 11.0. The van der Waals surface area contributed by atoms with Crippen molar-refractivity contribution in [3.63, 3.8) is 0 Å². The number of benzene rings is 1.